The van der Waals surface area contributed by atoms with Crippen LogP contribution in [-0.4, -0.2) is 25.6 Å². The number of rotatable bonds is 6. The Labute approximate surface area is 184 Å². The van der Waals surface area contributed by atoms with Crippen molar-refractivity contribution >= 4 is 27.3 Å². The Bertz CT molecular complexity index is 1320. The maximum atomic E-state index is 13.2. The highest BCUT2D eigenvalue weighted by atomic mass is 35.5. The molecule has 0 saturated heterocycles. The maximum absolute atomic E-state index is 13.2. The van der Waals surface area contributed by atoms with Crippen molar-refractivity contribution in [3.05, 3.63) is 78.1 Å². The third kappa shape index (κ3) is 4.21. The Kier molecular flexibility index (Phi) is 5.58. The smallest absolute Gasteiger partial charge is 0.265 e. The third-order valence-electron chi connectivity index (χ3n) is 4.55. The minimum atomic E-state index is -4.25. The van der Waals surface area contributed by atoms with Crippen LogP contribution in [0.5, 0.6) is 11.5 Å². The van der Waals surface area contributed by atoms with Gasteiger partial charge in [-0.3, -0.25) is 4.72 Å². The minimum absolute atomic E-state index is 0.152. The average Bonchev–Trinajstić information content (AvgIpc) is 3.30. The summed E-state index contributed by atoms with van der Waals surface area (Å²) < 4.78 is 39.4. The summed E-state index contributed by atoms with van der Waals surface area (Å²) in [6.07, 6.45) is 2.77. The predicted octanol–water partition coefficient (Wildman–Crippen LogP) is 5.18. The number of nitrogens with zero attached hydrogens (tertiary/aromatic N) is 1. The molecule has 0 amide bonds. The fourth-order valence-corrected chi connectivity index (χ4v) is 4.55. The molecule has 0 radical (unpaired) electrons. The second-order valence-corrected chi connectivity index (χ2v) is 8.59. The molecule has 0 aliphatic heterocycles. The summed E-state index contributed by atoms with van der Waals surface area (Å²) in [7, 11) is -2.81. The highest BCUT2D eigenvalue weighted by molar-refractivity contribution is 7.92. The monoisotopic (exact) mass is 456 g/mol. The van der Waals surface area contributed by atoms with E-state index in [-0.39, 0.29) is 16.6 Å². The van der Waals surface area contributed by atoms with E-state index < -0.39 is 20.7 Å². The Morgan fingerprint density at radius 3 is 2.48 bits per heavy atom. The van der Waals surface area contributed by atoms with Crippen LogP contribution in [0.4, 0.5) is 5.69 Å². The molecular weight excluding hydrogens is 440 g/mol. The van der Waals surface area contributed by atoms with Gasteiger partial charge in [0.15, 0.2) is 5.75 Å². The lowest BCUT2D eigenvalue weighted by molar-refractivity contribution is 0.417. The van der Waals surface area contributed by atoms with E-state index in [4.69, 9.17) is 20.8 Å². The van der Waals surface area contributed by atoms with E-state index >= 15 is 0 Å². The summed E-state index contributed by atoms with van der Waals surface area (Å²) >= 11 is 6.07. The van der Waals surface area contributed by atoms with Crippen LogP contribution < -0.4 is 9.46 Å². The second kappa shape index (κ2) is 8.33. The van der Waals surface area contributed by atoms with Crippen LogP contribution in [0.3, 0.4) is 0 Å². The number of oxazole rings is 1. The first-order valence-electron chi connectivity index (χ1n) is 9.07. The maximum Gasteiger partial charge on any atom is 0.265 e. The molecule has 0 bridgehead atoms. The SMILES string of the molecule is COc1ccc(-c2ccccc2)cc1NS(=O)(=O)c1cc(-c2ncco2)cc(Cl)c1O. The lowest BCUT2D eigenvalue weighted by Gasteiger charge is -2.15. The van der Waals surface area contributed by atoms with E-state index in [0.29, 0.717) is 11.3 Å². The average molecular weight is 457 g/mol. The molecule has 9 heteroatoms. The van der Waals surface area contributed by atoms with E-state index in [1.165, 1.54) is 31.7 Å². The summed E-state index contributed by atoms with van der Waals surface area (Å²) in [4.78, 5) is 3.58. The van der Waals surface area contributed by atoms with Crippen molar-refractivity contribution in [2.24, 2.45) is 0 Å². The van der Waals surface area contributed by atoms with Gasteiger partial charge in [-0.2, -0.15) is 0 Å². The molecule has 2 N–H and O–H groups in total. The lowest BCUT2D eigenvalue weighted by atomic mass is 10.1. The van der Waals surface area contributed by atoms with Crippen LogP contribution >= 0.6 is 11.6 Å². The molecule has 0 aliphatic carbocycles. The first-order chi connectivity index (χ1) is 14.9. The fourth-order valence-electron chi connectivity index (χ4n) is 3.07. The fraction of sp³-hybridized carbons (Fsp3) is 0.0455. The number of benzene rings is 3. The van der Waals surface area contributed by atoms with Crippen LogP contribution in [0, 0.1) is 0 Å². The van der Waals surface area contributed by atoms with E-state index in [1.807, 2.05) is 36.4 Å². The highest BCUT2D eigenvalue weighted by Crippen LogP contribution is 2.38. The number of nitrogens with one attached hydrogen (secondary N) is 1. The zero-order valence-corrected chi connectivity index (χ0v) is 17.8. The van der Waals surface area contributed by atoms with Gasteiger partial charge in [0, 0.05) is 5.56 Å². The molecule has 3 aromatic carbocycles. The number of hydrogen-bond acceptors (Lipinski definition) is 6. The second-order valence-electron chi connectivity index (χ2n) is 6.53. The topological polar surface area (TPSA) is 102 Å². The van der Waals surface area contributed by atoms with Gasteiger partial charge in [0.25, 0.3) is 10.0 Å². The van der Waals surface area contributed by atoms with Gasteiger partial charge in [-0.15, -0.1) is 0 Å². The van der Waals surface area contributed by atoms with Crippen LogP contribution in [-0.2, 0) is 10.0 Å². The van der Waals surface area contributed by atoms with Crippen LogP contribution in [0.2, 0.25) is 5.02 Å². The number of hydrogen-bond donors (Lipinski definition) is 2. The minimum Gasteiger partial charge on any atom is -0.505 e. The number of sulfonamides is 1. The van der Waals surface area contributed by atoms with Gasteiger partial charge in [0.2, 0.25) is 5.89 Å². The number of phenolic OH excluding ortho intramolecular Hbond substituents is 1. The highest BCUT2D eigenvalue weighted by Gasteiger charge is 2.24. The van der Waals surface area contributed by atoms with Gasteiger partial charge >= 0.3 is 0 Å². The molecule has 1 aromatic heterocycles. The van der Waals surface area contributed by atoms with Gasteiger partial charge in [0.1, 0.15) is 16.9 Å². The summed E-state index contributed by atoms with van der Waals surface area (Å²) in [6.45, 7) is 0. The number of methoxy groups -OCH3 is 1. The number of aromatic nitrogens is 1. The van der Waals surface area contributed by atoms with E-state index in [9.17, 15) is 13.5 Å². The quantitative estimate of drug-likeness (QED) is 0.414. The number of anilines is 1. The van der Waals surface area contributed by atoms with Crippen molar-refractivity contribution in [3.8, 4) is 34.1 Å². The normalized spacial score (nSPS) is 11.3. The Hall–Kier alpha value is -3.49. The summed E-state index contributed by atoms with van der Waals surface area (Å²) in [6, 6.07) is 17.2. The molecule has 4 rings (SSSR count). The standard InChI is InChI=1S/C22H17ClN2O5S/c1-29-19-8-7-15(14-5-3-2-4-6-14)12-18(19)25-31(27,28)20-13-16(11-17(23)21(20)26)22-24-9-10-30-22/h2-13,25-26H,1H3. The van der Waals surface area contributed by atoms with Crippen molar-refractivity contribution < 1.29 is 22.7 Å². The largest absolute Gasteiger partial charge is 0.505 e. The zero-order chi connectivity index (χ0) is 22.0. The first-order valence-corrected chi connectivity index (χ1v) is 10.9. The van der Waals surface area contributed by atoms with Crippen LogP contribution in [0.25, 0.3) is 22.6 Å². The molecule has 1 heterocycles. The van der Waals surface area contributed by atoms with Crippen molar-refractivity contribution in [1.82, 2.24) is 4.98 Å². The Balaban J connectivity index is 1.78. The van der Waals surface area contributed by atoms with E-state index in [1.54, 1.807) is 12.1 Å². The molecule has 0 spiro atoms. The van der Waals surface area contributed by atoms with Crippen molar-refractivity contribution in [2.75, 3.05) is 11.8 Å². The van der Waals surface area contributed by atoms with Gasteiger partial charge in [-0.05, 0) is 35.4 Å². The molecule has 4 aromatic rings. The summed E-state index contributed by atoms with van der Waals surface area (Å²) in [5.74, 6) is -0.0950. The Morgan fingerprint density at radius 1 is 1.03 bits per heavy atom. The molecule has 0 fully saturated rings. The zero-order valence-electron chi connectivity index (χ0n) is 16.2. The number of phenols is 1. The van der Waals surface area contributed by atoms with E-state index in [2.05, 4.69) is 9.71 Å². The Morgan fingerprint density at radius 2 is 1.81 bits per heavy atom. The van der Waals surface area contributed by atoms with Crippen LogP contribution in [0.15, 0.2) is 82.4 Å². The summed E-state index contributed by atoms with van der Waals surface area (Å²) in [5.41, 5.74) is 2.20. The molecule has 0 aliphatic rings. The van der Waals surface area contributed by atoms with Gasteiger partial charge < -0.3 is 14.3 Å². The first kappa shape index (κ1) is 20.8. The van der Waals surface area contributed by atoms with E-state index in [0.717, 1.165) is 11.1 Å². The predicted molar refractivity (Wildman–Crippen MR) is 118 cm³/mol. The number of halogens is 1. The van der Waals surface area contributed by atoms with Crippen LogP contribution in [0.1, 0.15) is 0 Å². The summed E-state index contributed by atoms with van der Waals surface area (Å²) in [5, 5.41) is 10.2. The van der Waals surface area contributed by atoms with Gasteiger partial charge in [0.05, 0.1) is 24.0 Å². The molecular formula is C22H17ClN2O5S. The van der Waals surface area contributed by atoms with Crippen molar-refractivity contribution in [3.63, 3.8) is 0 Å². The number of aromatic hydroxyl groups is 1. The molecule has 0 unspecified atom stereocenters. The molecule has 7 nitrogen and oxygen atoms in total. The van der Waals surface area contributed by atoms with Gasteiger partial charge in [-0.1, -0.05) is 48.0 Å². The number of ether oxygens (including phenoxy) is 1. The van der Waals surface area contributed by atoms with Crippen molar-refractivity contribution in [2.45, 2.75) is 4.90 Å². The third-order valence-corrected chi connectivity index (χ3v) is 6.22. The van der Waals surface area contributed by atoms with Crippen molar-refractivity contribution in [1.29, 1.82) is 0 Å². The molecule has 0 atom stereocenters. The molecule has 31 heavy (non-hydrogen) atoms. The molecule has 0 saturated carbocycles. The van der Waals surface area contributed by atoms with Gasteiger partial charge in [-0.25, -0.2) is 13.4 Å². The lowest BCUT2D eigenvalue weighted by Crippen LogP contribution is -2.14. The molecule has 158 valence electrons.